The molecule has 0 aliphatic carbocycles. The van der Waals surface area contributed by atoms with E-state index in [-0.39, 0.29) is 24.3 Å². The van der Waals surface area contributed by atoms with Gasteiger partial charge < -0.3 is 20.5 Å². The summed E-state index contributed by atoms with van der Waals surface area (Å²) >= 11 is 1.42. The highest BCUT2D eigenvalue weighted by atomic mass is 32.1. The fourth-order valence-corrected chi connectivity index (χ4v) is 3.52. The number of anilines is 1. The zero-order valence-electron chi connectivity index (χ0n) is 14.4. The van der Waals surface area contributed by atoms with Crippen LogP contribution >= 0.6 is 11.3 Å². The molecule has 3 rings (SSSR count). The van der Waals surface area contributed by atoms with Gasteiger partial charge >= 0.3 is 5.97 Å². The van der Waals surface area contributed by atoms with E-state index in [4.69, 9.17) is 9.84 Å². The number of aromatic nitrogens is 1. The summed E-state index contributed by atoms with van der Waals surface area (Å²) in [5.41, 5.74) is 1.65. The number of carbonyl (C=O) groups is 3. The number of amides is 2. The largest absolute Gasteiger partial charge is 0.480 e. The van der Waals surface area contributed by atoms with Crippen molar-refractivity contribution in [1.29, 1.82) is 0 Å². The summed E-state index contributed by atoms with van der Waals surface area (Å²) in [7, 11) is 0. The van der Waals surface area contributed by atoms with Gasteiger partial charge in [0.05, 0.1) is 6.42 Å². The van der Waals surface area contributed by atoms with Crippen LogP contribution in [0.25, 0.3) is 0 Å². The van der Waals surface area contributed by atoms with E-state index >= 15 is 0 Å². The molecule has 0 bridgehead atoms. The molecule has 3 N–H and O–H groups in total. The minimum atomic E-state index is -1.09. The topological polar surface area (TPSA) is 118 Å². The Kier molecular flexibility index (Phi) is 6.15. The Morgan fingerprint density at radius 2 is 2.04 bits per heavy atom. The van der Waals surface area contributed by atoms with Crippen molar-refractivity contribution >= 4 is 34.8 Å². The highest BCUT2D eigenvalue weighted by Crippen LogP contribution is 2.30. The predicted molar refractivity (Wildman–Crippen MR) is 98.8 cm³/mol. The molecule has 2 heterocycles. The van der Waals surface area contributed by atoms with Crippen molar-refractivity contribution in [3.8, 4) is 0 Å². The number of carboxylic acid groups (broad SMARTS) is 1. The third kappa shape index (κ3) is 5.35. The van der Waals surface area contributed by atoms with Gasteiger partial charge in [0.2, 0.25) is 5.91 Å². The molecular weight excluding hydrogens is 370 g/mol. The van der Waals surface area contributed by atoms with Gasteiger partial charge in [0.15, 0.2) is 0 Å². The molecule has 0 saturated carbocycles. The number of nitrogens with zero attached hydrogens (tertiary/aromatic N) is 1. The first-order valence-corrected chi connectivity index (χ1v) is 9.35. The van der Waals surface area contributed by atoms with Crippen molar-refractivity contribution in [3.63, 3.8) is 0 Å². The lowest BCUT2D eigenvalue weighted by Crippen LogP contribution is -2.30. The van der Waals surface area contributed by atoms with Crippen molar-refractivity contribution < 1.29 is 24.2 Å². The van der Waals surface area contributed by atoms with E-state index in [0.717, 1.165) is 24.5 Å². The molecule has 1 unspecified atom stereocenters. The normalized spacial score (nSPS) is 16.1. The lowest BCUT2D eigenvalue weighted by Gasteiger charge is -2.06. The van der Waals surface area contributed by atoms with Crippen LogP contribution in [0.3, 0.4) is 0 Å². The average Bonchev–Trinajstić information content (AvgIpc) is 3.33. The Bertz CT molecular complexity index is 828. The minimum Gasteiger partial charge on any atom is -0.480 e. The number of carbonyl (C=O) groups excluding carboxylic acids is 2. The van der Waals surface area contributed by atoms with E-state index in [0.29, 0.717) is 16.9 Å². The molecule has 1 aromatic carbocycles. The molecule has 1 aliphatic heterocycles. The summed E-state index contributed by atoms with van der Waals surface area (Å²) in [6, 6.07) is 6.78. The number of ether oxygens (including phenoxy) is 1. The van der Waals surface area contributed by atoms with Crippen LogP contribution in [-0.2, 0) is 20.7 Å². The number of nitrogens with one attached hydrogen (secondary N) is 2. The Labute approximate surface area is 159 Å². The first kappa shape index (κ1) is 19.0. The number of benzene rings is 1. The number of carboxylic acids is 1. The minimum absolute atomic E-state index is 0.0110. The van der Waals surface area contributed by atoms with Gasteiger partial charge in [-0.15, -0.1) is 11.3 Å². The Hall–Kier alpha value is -2.78. The predicted octanol–water partition coefficient (Wildman–Crippen LogP) is 1.99. The van der Waals surface area contributed by atoms with Gasteiger partial charge in [-0.2, -0.15) is 0 Å². The maximum atomic E-state index is 12.3. The molecule has 2 amide bonds. The smallest absolute Gasteiger partial charge is 0.322 e. The van der Waals surface area contributed by atoms with Crippen molar-refractivity contribution in [2.45, 2.75) is 25.4 Å². The van der Waals surface area contributed by atoms with E-state index in [1.54, 1.807) is 29.6 Å². The Balaban J connectivity index is 1.54. The van der Waals surface area contributed by atoms with Crippen LogP contribution in [0, 0.1) is 0 Å². The summed E-state index contributed by atoms with van der Waals surface area (Å²) in [6.45, 7) is 0.320. The summed E-state index contributed by atoms with van der Waals surface area (Å²) < 4.78 is 5.58. The van der Waals surface area contributed by atoms with Crippen molar-refractivity contribution in [3.05, 3.63) is 45.9 Å². The van der Waals surface area contributed by atoms with E-state index in [9.17, 15) is 14.4 Å². The van der Waals surface area contributed by atoms with Crippen molar-refractivity contribution in [1.82, 2.24) is 10.3 Å². The average molecular weight is 389 g/mol. The summed E-state index contributed by atoms with van der Waals surface area (Å²) in [6.07, 6.45) is 1.99. The maximum Gasteiger partial charge on any atom is 0.322 e. The van der Waals surface area contributed by atoms with Gasteiger partial charge in [-0.25, -0.2) is 4.98 Å². The molecule has 1 saturated heterocycles. The standard InChI is InChI=1S/C18H19N3O5S/c22-15(19-9-16(23)24)8-11-3-5-12(6-4-11)20-17(25)13-10-27-18(21-13)14-2-1-7-26-14/h3-6,10,14H,1-2,7-9H2,(H,19,22)(H,20,25)(H,23,24). The zero-order chi connectivity index (χ0) is 19.2. The molecule has 8 nitrogen and oxygen atoms in total. The van der Waals surface area contributed by atoms with Gasteiger partial charge in [0, 0.05) is 17.7 Å². The number of hydrogen-bond donors (Lipinski definition) is 3. The molecule has 142 valence electrons. The summed E-state index contributed by atoms with van der Waals surface area (Å²) in [5, 5.41) is 16.1. The molecule has 1 fully saturated rings. The Morgan fingerprint density at radius 3 is 2.70 bits per heavy atom. The second-order valence-electron chi connectivity index (χ2n) is 6.07. The SMILES string of the molecule is O=C(O)CNC(=O)Cc1ccc(NC(=O)c2csc(C3CCCO3)n2)cc1. The van der Waals surface area contributed by atoms with Crippen LogP contribution in [0.1, 0.15) is 40.0 Å². The molecule has 0 spiro atoms. The lowest BCUT2D eigenvalue weighted by atomic mass is 10.1. The van der Waals surface area contributed by atoms with E-state index in [1.165, 1.54) is 11.3 Å². The lowest BCUT2D eigenvalue weighted by molar-refractivity contribution is -0.137. The molecule has 27 heavy (non-hydrogen) atoms. The number of thiazole rings is 1. The van der Waals surface area contributed by atoms with Crippen LogP contribution in [0.2, 0.25) is 0 Å². The van der Waals surface area contributed by atoms with Gasteiger partial charge in [-0.05, 0) is 30.5 Å². The number of hydrogen-bond acceptors (Lipinski definition) is 6. The van der Waals surface area contributed by atoms with Crippen LogP contribution in [0.15, 0.2) is 29.6 Å². The van der Waals surface area contributed by atoms with Crippen molar-refractivity contribution in [2.24, 2.45) is 0 Å². The number of rotatable bonds is 7. The number of aliphatic carboxylic acids is 1. The molecule has 2 aromatic rings. The van der Waals surface area contributed by atoms with Crippen LogP contribution in [-0.4, -0.2) is 41.0 Å². The zero-order valence-corrected chi connectivity index (χ0v) is 15.3. The first-order chi connectivity index (χ1) is 13.0. The van der Waals surface area contributed by atoms with E-state index in [2.05, 4.69) is 15.6 Å². The van der Waals surface area contributed by atoms with Gasteiger partial charge in [-0.3, -0.25) is 14.4 Å². The molecule has 9 heteroatoms. The van der Waals surface area contributed by atoms with Gasteiger partial charge in [0.25, 0.3) is 5.91 Å². The fraction of sp³-hybridized carbons (Fsp3) is 0.333. The van der Waals surface area contributed by atoms with Crippen LogP contribution in [0.5, 0.6) is 0 Å². The van der Waals surface area contributed by atoms with E-state index in [1.807, 2.05) is 0 Å². The molecule has 1 atom stereocenters. The summed E-state index contributed by atoms with van der Waals surface area (Å²) in [4.78, 5) is 38.7. The molecule has 1 aromatic heterocycles. The third-order valence-electron chi connectivity index (χ3n) is 3.97. The highest BCUT2D eigenvalue weighted by Gasteiger charge is 2.22. The second kappa shape index (κ2) is 8.74. The monoisotopic (exact) mass is 389 g/mol. The Morgan fingerprint density at radius 1 is 1.26 bits per heavy atom. The van der Waals surface area contributed by atoms with Crippen LogP contribution < -0.4 is 10.6 Å². The highest BCUT2D eigenvalue weighted by molar-refractivity contribution is 7.09. The molecule has 0 radical (unpaired) electrons. The van der Waals surface area contributed by atoms with Gasteiger partial charge in [-0.1, -0.05) is 12.1 Å². The quantitative estimate of drug-likeness (QED) is 0.667. The van der Waals surface area contributed by atoms with Gasteiger partial charge in [0.1, 0.15) is 23.4 Å². The molecular formula is C18H19N3O5S. The van der Waals surface area contributed by atoms with Crippen LogP contribution in [0.4, 0.5) is 5.69 Å². The fourth-order valence-electron chi connectivity index (χ4n) is 2.64. The van der Waals surface area contributed by atoms with Crippen molar-refractivity contribution in [2.75, 3.05) is 18.5 Å². The second-order valence-corrected chi connectivity index (χ2v) is 6.96. The summed E-state index contributed by atoms with van der Waals surface area (Å²) in [5.74, 6) is -1.77. The van der Waals surface area contributed by atoms with E-state index < -0.39 is 12.5 Å². The maximum absolute atomic E-state index is 12.3. The molecule has 1 aliphatic rings. The third-order valence-corrected chi connectivity index (χ3v) is 4.91. The first-order valence-electron chi connectivity index (χ1n) is 8.47.